The Hall–Kier alpha value is -2.37. The number of fused-ring (bicyclic) bond motifs is 1. The van der Waals surface area contributed by atoms with E-state index in [0.29, 0.717) is 19.8 Å². The van der Waals surface area contributed by atoms with E-state index >= 15 is 0 Å². The minimum Gasteiger partial charge on any atom is -0.377 e. The van der Waals surface area contributed by atoms with Gasteiger partial charge in [-0.3, -0.25) is 0 Å². The number of hydrogen-bond donors (Lipinski definition) is 1. The third kappa shape index (κ3) is 4.87. The number of aromatic nitrogens is 2. The second-order valence-electron chi connectivity index (χ2n) is 6.50. The molecule has 1 atom stereocenters. The molecule has 0 radical (unpaired) electrons. The molecule has 1 aliphatic rings. The molecule has 0 bridgehead atoms. The monoisotopic (exact) mass is 367 g/mol. The van der Waals surface area contributed by atoms with Gasteiger partial charge in [0.05, 0.1) is 37.8 Å². The number of H-pyrrole nitrogens is 1. The van der Waals surface area contributed by atoms with Crippen LogP contribution in [0, 0.1) is 6.92 Å². The van der Waals surface area contributed by atoms with E-state index in [0.717, 1.165) is 24.4 Å². The second kappa shape index (κ2) is 9.53. The Morgan fingerprint density at radius 1 is 1.26 bits per heavy atom. The summed E-state index contributed by atoms with van der Waals surface area (Å²) in [4.78, 5) is 10.1. The molecule has 27 heavy (non-hydrogen) atoms. The molecule has 0 saturated carbocycles. The molecule has 5 nitrogen and oxygen atoms in total. The fourth-order valence-corrected chi connectivity index (χ4v) is 3.20. The van der Waals surface area contributed by atoms with Crippen LogP contribution in [0.1, 0.15) is 25.0 Å². The molecule has 144 valence electrons. The Kier molecular flexibility index (Phi) is 6.85. The number of aromatic amines is 1. The van der Waals surface area contributed by atoms with E-state index in [2.05, 4.69) is 40.0 Å². The molecular weight excluding hydrogens is 338 g/mol. The predicted molar refractivity (Wildman–Crippen MR) is 110 cm³/mol. The summed E-state index contributed by atoms with van der Waals surface area (Å²) in [6, 6.07) is 12.5. The fraction of sp³-hybridized carbons (Fsp3) is 0.409. The number of nitrogens with one attached hydrogen (secondary N) is 1. The van der Waals surface area contributed by atoms with Crippen LogP contribution in [0.4, 0.5) is 5.69 Å². The first-order valence-corrected chi connectivity index (χ1v) is 9.71. The zero-order chi connectivity index (χ0) is 19.1. The molecule has 2 aromatic heterocycles. The van der Waals surface area contributed by atoms with Crippen molar-refractivity contribution in [3.8, 4) is 0 Å². The van der Waals surface area contributed by atoms with Gasteiger partial charge in [0.1, 0.15) is 5.65 Å². The summed E-state index contributed by atoms with van der Waals surface area (Å²) in [5, 5.41) is 1.17. The van der Waals surface area contributed by atoms with Crippen LogP contribution in [0.2, 0.25) is 0 Å². The second-order valence-corrected chi connectivity index (χ2v) is 6.50. The van der Waals surface area contributed by atoms with Gasteiger partial charge in [-0.1, -0.05) is 44.2 Å². The molecule has 1 saturated heterocycles. The lowest BCUT2D eigenvalue weighted by atomic mass is 10.2. The van der Waals surface area contributed by atoms with Crippen LogP contribution in [0.5, 0.6) is 0 Å². The van der Waals surface area contributed by atoms with Gasteiger partial charge in [-0.05, 0) is 24.1 Å². The van der Waals surface area contributed by atoms with Crippen molar-refractivity contribution in [1.29, 1.82) is 0 Å². The third-order valence-corrected chi connectivity index (χ3v) is 4.65. The number of rotatable bonds is 4. The maximum absolute atomic E-state index is 6.10. The number of nitrogens with zero attached hydrogens (tertiary/aromatic N) is 2. The number of pyridine rings is 1. The van der Waals surface area contributed by atoms with Gasteiger partial charge >= 0.3 is 0 Å². The molecule has 1 unspecified atom stereocenters. The van der Waals surface area contributed by atoms with Crippen LogP contribution >= 0.6 is 0 Å². The Labute approximate surface area is 161 Å². The highest BCUT2D eigenvalue weighted by Gasteiger charge is 2.20. The zero-order valence-corrected chi connectivity index (χ0v) is 16.4. The molecule has 1 fully saturated rings. The molecular formula is C22H29N3O2. The van der Waals surface area contributed by atoms with Gasteiger partial charge in [-0.2, -0.15) is 0 Å². The summed E-state index contributed by atoms with van der Waals surface area (Å²) in [6.07, 6.45) is 3.97. The predicted octanol–water partition coefficient (Wildman–Crippen LogP) is 4.32. The maximum Gasteiger partial charge on any atom is 0.137 e. The van der Waals surface area contributed by atoms with Crippen LogP contribution < -0.4 is 4.90 Å². The molecule has 1 aromatic carbocycles. The molecule has 4 rings (SSSR count). The summed E-state index contributed by atoms with van der Waals surface area (Å²) < 4.78 is 11.9. The first-order chi connectivity index (χ1) is 13.3. The van der Waals surface area contributed by atoms with Crippen LogP contribution in [-0.2, 0) is 16.1 Å². The van der Waals surface area contributed by atoms with Gasteiger partial charge in [-0.25, -0.2) is 4.98 Å². The lowest BCUT2D eigenvalue weighted by molar-refractivity contribution is -0.00795. The summed E-state index contributed by atoms with van der Waals surface area (Å²) in [7, 11) is 0. The third-order valence-electron chi connectivity index (χ3n) is 4.65. The van der Waals surface area contributed by atoms with Gasteiger partial charge < -0.3 is 19.4 Å². The van der Waals surface area contributed by atoms with Crippen LogP contribution in [0.25, 0.3) is 11.0 Å². The number of benzene rings is 1. The normalized spacial score (nSPS) is 17.3. The van der Waals surface area contributed by atoms with Gasteiger partial charge in [0.2, 0.25) is 0 Å². The summed E-state index contributed by atoms with van der Waals surface area (Å²) >= 11 is 0. The highest BCUT2D eigenvalue weighted by Crippen LogP contribution is 2.23. The van der Waals surface area contributed by atoms with Crippen molar-refractivity contribution in [1.82, 2.24) is 9.97 Å². The standard InChI is InChI=1S/C20H23N3O2.C2H6/c1-15-10-21-20-19(15)9-17(11-22-20)23-7-8-24-14-18(12-23)25-13-16-5-3-2-4-6-16;1-2/h2-6,9-11,18H,7-8,12-14H2,1H3,(H,21,22);1-2H3. The molecule has 5 heteroatoms. The van der Waals surface area contributed by atoms with E-state index in [1.165, 1.54) is 16.5 Å². The highest BCUT2D eigenvalue weighted by molar-refractivity contribution is 5.82. The highest BCUT2D eigenvalue weighted by atomic mass is 16.5. The van der Waals surface area contributed by atoms with E-state index in [4.69, 9.17) is 9.47 Å². The molecule has 0 amide bonds. The average Bonchev–Trinajstić information content (AvgIpc) is 2.94. The van der Waals surface area contributed by atoms with E-state index in [-0.39, 0.29) is 6.10 Å². The molecule has 0 aliphatic carbocycles. The van der Waals surface area contributed by atoms with Crippen molar-refractivity contribution < 1.29 is 9.47 Å². The molecule has 3 heterocycles. The Balaban J connectivity index is 0.00000102. The first-order valence-electron chi connectivity index (χ1n) is 9.71. The fourth-order valence-electron chi connectivity index (χ4n) is 3.20. The molecule has 0 spiro atoms. The first kappa shape index (κ1) is 19.4. The van der Waals surface area contributed by atoms with Crippen molar-refractivity contribution in [2.75, 3.05) is 31.2 Å². The number of hydrogen-bond acceptors (Lipinski definition) is 4. The van der Waals surface area contributed by atoms with Gasteiger partial charge in [0.15, 0.2) is 0 Å². The molecule has 1 aliphatic heterocycles. The Bertz CT molecular complexity index is 832. The van der Waals surface area contributed by atoms with Crippen molar-refractivity contribution >= 4 is 16.7 Å². The number of aryl methyl sites for hydroxylation is 1. The van der Waals surface area contributed by atoms with E-state index in [9.17, 15) is 0 Å². The summed E-state index contributed by atoms with van der Waals surface area (Å²) in [5.41, 5.74) is 4.45. The van der Waals surface area contributed by atoms with Crippen molar-refractivity contribution in [3.63, 3.8) is 0 Å². The van der Waals surface area contributed by atoms with Crippen LogP contribution in [0.15, 0.2) is 48.8 Å². The van der Waals surface area contributed by atoms with Crippen molar-refractivity contribution in [3.05, 3.63) is 59.9 Å². The Morgan fingerprint density at radius 3 is 2.89 bits per heavy atom. The van der Waals surface area contributed by atoms with Gasteiger partial charge in [-0.15, -0.1) is 0 Å². The molecule has 1 N–H and O–H groups in total. The minimum absolute atomic E-state index is 0.0470. The largest absolute Gasteiger partial charge is 0.377 e. The number of ether oxygens (including phenoxy) is 2. The van der Waals surface area contributed by atoms with Crippen molar-refractivity contribution in [2.24, 2.45) is 0 Å². The smallest absolute Gasteiger partial charge is 0.137 e. The van der Waals surface area contributed by atoms with E-state index in [1.54, 1.807) is 0 Å². The lowest BCUT2D eigenvalue weighted by Gasteiger charge is -2.25. The van der Waals surface area contributed by atoms with Crippen molar-refractivity contribution in [2.45, 2.75) is 33.5 Å². The van der Waals surface area contributed by atoms with Crippen LogP contribution in [0.3, 0.4) is 0 Å². The summed E-state index contributed by atoms with van der Waals surface area (Å²) in [5.74, 6) is 0. The average molecular weight is 367 g/mol. The van der Waals surface area contributed by atoms with E-state index < -0.39 is 0 Å². The zero-order valence-electron chi connectivity index (χ0n) is 16.4. The van der Waals surface area contributed by atoms with Gasteiger partial charge in [0, 0.05) is 24.7 Å². The summed E-state index contributed by atoms with van der Waals surface area (Å²) in [6.45, 7) is 9.70. The molecule has 3 aromatic rings. The number of anilines is 1. The quantitative estimate of drug-likeness (QED) is 0.746. The van der Waals surface area contributed by atoms with Crippen LogP contribution in [-0.4, -0.2) is 42.4 Å². The lowest BCUT2D eigenvalue weighted by Crippen LogP contribution is -2.34. The minimum atomic E-state index is 0.0470. The van der Waals surface area contributed by atoms with Gasteiger partial charge in [0.25, 0.3) is 0 Å². The topological polar surface area (TPSA) is 50.4 Å². The SMILES string of the molecule is CC.Cc1c[nH]c2ncc(N3CCOCC(OCc4ccccc4)C3)cc12. The maximum atomic E-state index is 6.10. The Morgan fingerprint density at radius 2 is 2.07 bits per heavy atom. The van der Waals surface area contributed by atoms with E-state index in [1.807, 2.05) is 44.4 Å².